The number of aromatic amines is 1. The molecule has 0 fully saturated rings. The fourth-order valence-corrected chi connectivity index (χ4v) is 3.04. The molecule has 2 N–H and O–H groups in total. The van der Waals surface area contributed by atoms with Crippen LogP contribution in [0.4, 0.5) is 0 Å². The lowest BCUT2D eigenvalue weighted by Crippen LogP contribution is -2.36. The molecule has 0 aliphatic rings. The lowest BCUT2D eigenvalue weighted by Gasteiger charge is -2.23. The van der Waals surface area contributed by atoms with E-state index in [1.807, 2.05) is 80.5 Å². The Bertz CT molecular complexity index is 938. The Kier molecular flexibility index (Phi) is 8.77. The summed E-state index contributed by atoms with van der Waals surface area (Å²) in [6, 6.07) is 17.8. The van der Waals surface area contributed by atoms with Gasteiger partial charge < -0.3 is 19.9 Å². The molecule has 1 amide bonds. The summed E-state index contributed by atoms with van der Waals surface area (Å²) in [4.78, 5) is 33.0. The molecule has 0 spiro atoms. The number of H-pyrrole nitrogens is 1. The van der Waals surface area contributed by atoms with Gasteiger partial charge in [-0.3, -0.25) is 9.59 Å². The van der Waals surface area contributed by atoms with E-state index in [9.17, 15) is 4.79 Å². The predicted octanol–water partition coefficient (Wildman–Crippen LogP) is 3.47. The Morgan fingerprint density at radius 1 is 1.07 bits per heavy atom. The molecule has 2 aromatic carbocycles. The number of imidazole rings is 1. The highest BCUT2D eigenvalue weighted by Crippen LogP contribution is 2.29. The summed E-state index contributed by atoms with van der Waals surface area (Å²) in [6.45, 7) is 4.01. The molecule has 158 valence electrons. The summed E-state index contributed by atoms with van der Waals surface area (Å²) in [6.07, 6.45) is 1.70. The van der Waals surface area contributed by atoms with Crippen LogP contribution in [0.1, 0.15) is 17.3 Å². The third-order valence-corrected chi connectivity index (χ3v) is 4.57. The van der Waals surface area contributed by atoms with Gasteiger partial charge in [0.2, 0.25) is 0 Å². The van der Waals surface area contributed by atoms with E-state index in [0.717, 1.165) is 29.1 Å². The van der Waals surface area contributed by atoms with E-state index in [2.05, 4.69) is 14.9 Å². The number of hydrogen-bond donors (Lipinski definition) is 2. The van der Waals surface area contributed by atoms with E-state index in [0.29, 0.717) is 18.7 Å². The number of carbonyl (C=O) groups excluding carboxylic acids is 1. The number of benzene rings is 2. The fourth-order valence-electron chi connectivity index (χ4n) is 3.04. The molecule has 0 saturated carbocycles. The van der Waals surface area contributed by atoms with Crippen LogP contribution in [0.2, 0.25) is 0 Å². The lowest BCUT2D eigenvalue weighted by atomic mass is 10.0. The van der Waals surface area contributed by atoms with Crippen molar-refractivity contribution in [3.63, 3.8) is 0 Å². The molecule has 0 atom stereocenters. The molecule has 3 rings (SSSR count). The average Bonchev–Trinajstić information content (AvgIpc) is 3.25. The minimum atomic E-state index is -0.250. The molecule has 3 aromatic rings. The van der Waals surface area contributed by atoms with Gasteiger partial charge in [-0.15, -0.1) is 0 Å². The molecule has 1 aromatic heterocycles. The minimum Gasteiger partial charge on any atom is -0.483 e. The van der Waals surface area contributed by atoms with Gasteiger partial charge in [0.15, 0.2) is 0 Å². The van der Waals surface area contributed by atoms with Crippen molar-refractivity contribution in [3.8, 4) is 22.5 Å². The number of aromatic nitrogens is 2. The van der Waals surface area contributed by atoms with E-state index >= 15 is 0 Å². The van der Waals surface area contributed by atoms with Crippen LogP contribution in [0.25, 0.3) is 22.5 Å². The van der Waals surface area contributed by atoms with E-state index in [-0.39, 0.29) is 12.4 Å². The highest BCUT2D eigenvalue weighted by molar-refractivity contribution is 5.96. The van der Waals surface area contributed by atoms with Crippen molar-refractivity contribution in [2.75, 3.05) is 33.7 Å². The van der Waals surface area contributed by atoms with Gasteiger partial charge >= 0.3 is 0 Å². The molecule has 0 aliphatic carbocycles. The normalized spacial score (nSPS) is 10.3. The van der Waals surface area contributed by atoms with Crippen molar-refractivity contribution in [1.29, 1.82) is 0 Å². The van der Waals surface area contributed by atoms with Crippen molar-refractivity contribution < 1.29 is 14.7 Å². The van der Waals surface area contributed by atoms with Crippen LogP contribution in [0, 0.1) is 0 Å². The van der Waals surface area contributed by atoms with Gasteiger partial charge in [0.05, 0.1) is 17.7 Å². The number of carbonyl (C=O) groups is 2. The number of nitrogens with one attached hydrogen (secondary N) is 1. The summed E-state index contributed by atoms with van der Waals surface area (Å²) >= 11 is 0. The maximum Gasteiger partial charge on any atom is 0.290 e. The van der Waals surface area contributed by atoms with Crippen LogP contribution in [0.3, 0.4) is 0 Å². The summed E-state index contributed by atoms with van der Waals surface area (Å²) in [5.74, 6) is 0.0537. The largest absolute Gasteiger partial charge is 0.483 e. The smallest absolute Gasteiger partial charge is 0.290 e. The van der Waals surface area contributed by atoms with E-state index in [1.54, 1.807) is 6.33 Å². The molecule has 0 radical (unpaired) electrons. The lowest BCUT2D eigenvalue weighted by molar-refractivity contribution is -0.122. The molecular formula is C23H28N4O3. The SMILES string of the molecule is CCN(CCN(C)C)C(=O)c1cccc(-c2nc[nH]c2-c2ccccc2)c1.O=CO. The summed E-state index contributed by atoms with van der Waals surface area (Å²) in [5.41, 5.74) is 4.51. The second kappa shape index (κ2) is 11.5. The molecule has 0 bridgehead atoms. The summed E-state index contributed by atoms with van der Waals surface area (Å²) < 4.78 is 0. The molecule has 7 heteroatoms. The number of nitrogens with zero attached hydrogens (tertiary/aromatic N) is 3. The van der Waals surface area contributed by atoms with Crippen molar-refractivity contribution in [1.82, 2.24) is 19.8 Å². The number of rotatable bonds is 7. The Morgan fingerprint density at radius 2 is 1.73 bits per heavy atom. The summed E-state index contributed by atoms with van der Waals surface area (Å²) in [7, 11) is 4.03. The van der Waals surface area contributed by atoms with Gasteiger partial charge in [-0.25, -0.2) is 4.98 Å². The van der Waals surface area contributed by atoms with E-state index < -0.39 is 0 Å². The molecule has 0 aliphatic heterocycles. The molecule has 0 unspecified atom stereocenters. The third-order valence-electron chi connectivity index (χ3n) is 4.57. The van der Waals surface area contributed by atoms with Gasteiger partial charge in [0, 0.05) is 36.3 Å². The summed E-state index contributed by atoms with van der Waals surface area (Å²) in [5, 5.41) is 6.89. The zero-order chi connectivity index (χ0) is 21.9. The second-order valence-electron chi connectivity index (χ2n) is 6.87. The Balaban J connectivity index is 0.00000101. The monoisotopic (exact) mass is 408 g/mol. The Hall–Kier alpha value is -3.45. The predicted molar refractivity (Wildman–Crippen MR) is 118 cm³/mol. The maximum absolute atomic E-state index is 12.9. The minimum absolute atomic E-state index is 0.0537. The van der Waals surface area contributed by atoms with Crippen LogP contribution < -0.4 is 0 Å². The van der Waals surface area contributed by atoms with Gasteiger partial charge in [-0.2, -0.15) is 0 Å². The van der Waals surface area contributed by atoms with Gasteiger partial charge in [0.1, 0.15) is 0 Å². The fraction of sp³-hybridized carbons (Fsp3) is 0.261. The van der Waals surface area contributed by atoms with Gasteiger partial charge in [-0.05, 0) is 33.2 Å². The number of carboxylic acid groups (broad SMARTS) is 1. The zero-order valence-electron chi connectivity index (χ0n) is 17.6. The van der Waals surface area contributed by atoms with Crippen LogP contribution >= 0.6 is 0 Å². The zero-order valence-corrected chi connectivity index (χ0v) is 17.6. The number of hydrogen-bond acceptors (Lipinski definition) is 4. The number of amides is 1. The van der Waals surface area contributed by atoms with Crippen LogP contribution in [-0.4, -0.2) is 71.0 Å². The van der Waals surface area contributed by atoms with Gasteiger partial charge in [0.25, 0.3) is 12.4 Å². The van der Waals surface area contributed by atoms with Gasteiger partial charge in [-0.1, -0.05) is 42.5 Å². The second-order valence-corrected chi connectivity index (χ2v) is 6.87. The first-order valence-electron chi connectivity index (χ1n) is 9.72. The molecule has 1 heterocycles. The molecular weight excluding hydrogens is 380 g/mol. The van der Waals surface area contributed by atoms with Crippen molar-refractivity contribution in [3.05, 3.63) is 66.5 Å². The molecule has 30 heavy (non-hydrogen) atoms. The Morgan fingerprint density at radius 3 is 2.37 bits per heavy atom. The standard InChI is InChI=1S/C22H26N4O.CH2O2/c1-4-26(14-13-25(2)3)22(27)19-12-8-11-18(15-19)21-20(23-16-24-21)17-9-6-5-7-10-17;2-1-3/h5-12,15-16H,4,13-14H2,1-3H3,(H,23,24);1H,(H,2,3). The highest BCUT2D eigenvalue weighted by atomic mass is 16.3. The quantitative estimate of drug-likeness (QED) is 0.585. The third kappa shape index (κ3) is 6.02. The first kappa shape index (κ1) is 22.8. The van der Waals surface area contributed by atoms with Crippen LogP contribution in [-0.2, 0) is 4.79 Å². The van der Waals surface area contributed by atoms with E-state index in [4.69, 9.17) is 9.90 Å². The molecule has 0 saturated heterocycles. The van der Waals surface area contributed by atoms with Crippen LogP contribution in [0.5, 0.6) is 0 Å². The van der Waals surface area contributed by atoms with Crippen molar-refractivity contribution in [2.24, 2.45) is 0 Å². The first-order valence-corrected chi connectivity index (χ1v) is 9.72. The number of likely N-dealkylation sites (N-methyl/N-ethyl adjacent to an activating group) is 2. The van der Waals surface area contributed by atoms with Crippen molar-refractivity contribution >= 4 is 12.4 Å². The Labute approximate surface area is 177 Å². The molecule has 7 nitrogen and oxygen atoms in total. The topological polar surface area (TPSA) is 89.5 Å². The van der Waals surface area contributed by atoms with Crippen LogP contribution in [0.15, 0.2) is 60.9 Å². The first-order chi connectivity index (χ1) is 14.5. The van der Waals surface area contributed by atoms with E-state index in [1.165, 1.54) is 0 Å². The maximum atomic E-state index is 12.9. The highest BCUT2D eigenvalue weighted by Gasteiger charge is 2.16. The van der Waals surface area contributed by atoms with Crippen molar-refractivity contribution in [2.45, 2.75) is 6.92 Å². The average molecular weight is 409 g/mol.